The van der Waals surface area contributed by atoms with Crippen LogP contribution in [0.15, 0.2) is 40.9 Å². The highest BCUT2D eigenvalue weighted by molar-refractivity contribution is 6.31. The number of nitrogens with zero attached hydrogens (tertiary/aromatic N) is 3. The number of ether oxygens (including phenoxy) is 2. The Morgan fingerprint density at radius 1 is 1.14 bits per heavy atom. The molecule has 1 fully saturated rings. The topological polar surface area (TPSA) is 128 Å². The highest BCUT2D eigenvalue weighted by Gasteiger charge is 2.25. The van der Waals surface area contributed by atoms with Crippen LogP contribution in [0.1, 0.15) is 42.8 Å². The predicted molar refractivity (Wildman–Crippen MR) is 124 cm³/mol. The summed E-state index contributed by atoms with van der Waals surface area (Å²) in [5.41, 5.74) is 0.839. The number of hydrogen-bond donors (Lipinski definition) is 2. The number of anilines is 3. The van der Waals surface area contributed by atoms with Gasteiger partial charge in [-0.05, 0) is 55.9 Å². The van der Waals surface area contributed by atoms with Gasteiger partial charge in [0.2, 0.25) is 5.88 Å². The fraction of sp³-hybridized carbons (Fsp3) is 0.348. The average Bonchev–Trinajstić information content (AvgIpc) is 3.32. The summed E-state index contributed by atoms with van der Waals surface area (Å²) in [6, 6.07) is 7.24. The maximum absolute atomic E-state index is 13.3. The maximum atomic E-state index is 13.3. The molecule has 3 aromatic rings. The Morgan fingerprint density at radius 2 is 1.91 bits per heavy atom. The molecule has 0 atom stereocenters. The number of nitrogens with one attached hydrogen (secondary N) is 2. The van der Waals surface area contributed by atoms with Crippen molar-refractivity contribution in [3.63, 3.8) is 0 Å². The van der Waals surface area contributed by atoms with E-state index in [4.69, 9.17) is 25.5 Å². The highest BCUT2D eigenvalue weighted by Crippen LogP contribution is 2.29. The molecular formula is C23H23ClFN5O5. The molecule has 2 aromatic heterocycles. The van der Waals surface area contributed by atoms with E-state index in [1.165, 1.54) is 31.5 Å². The van der Waals surface area contributed by atoms with E-state index in [2.05, 4.69) is 25.8 Å². The minimum Gasteiger partial charge on any atom is -0.474 e. The second kappa shape index (κ2) is 11.1. The summed E-state index contributed by atoms with van der Waals surface area (Å²) in [6.07, 6.45) is 5.38. The van der Waals surface area contributed by atoms with Crippen molar-refractivity contribution >= 4 is 40.9 Å². The number of pyridine rings is 1. The van der Waals surface area contributed by atoms with E-state index in [-0.39, 0.29) is 29.0 Å². The second-order valence-electron chi connectivity index (χ2n) is 8.05. The summed E-state index contributed by atoms with van der Waals surface area (Å²) in [5, 5.41) is 12.7. The first kappa shape index (κ1) is 24.4. The SMILES string of the molecule is COC(=O)C[C@H]1CC[C@H](Oc2ccc(NC(=O)c3nnc(Nc4ccc(F)c(Cl)c4)o3)cn2)CC1. The zero-order valence-corrected chi connectivity index (χ0v) is 19.5. The van der Waals surface area contributed by atoms with E-state index in [0.29, 0.717) is 29.6 Å². The number of hydrogen-bond acceptors (Lipinski definition) is 9. The van der Waals surface area contributed by atoms with Crippen LogP contribution in [-0.2, 0) is 9.53 Å². The molecule has 184 valence electrons. The minimum absolute atomic E-state index is 0.0251. The number of amides is 1. The number of aromatic nitrogens is 3. The van der Waals surface area contributed by atoms with Gasteiger partial charge in [-0.25, -0.2) is 9.37 Å². The maximum Gasteiger partial charge on any atom is 0.320 e. The van der Waals surface area contributed by atoms with Gasteiger partial charge in [-0.1, -0.05) is 16.7 Å². The van der Waals surface area contributed by atoms with E-state index in [1.54, 1.807) is 12.1 Å². The number of esters is 1. The Bertz CT molecular complexity index is 1180. The molecule has 1 aromatic carbocycles. The van der Waals surface area contributed by atoms with E-state index in [0.717, 1.165) is 25.7 Å². The highest BCUT2D eigenvalue weighted by atomic mass is 35.5. The Balaban J connectivity index is 1.26. The fourth-order valence-electron chi connectivity index (χ4n) is 3.72. The van der Waals surface area contributed by atoms with Gasteiger partial charge in [0.25, 0.3) is 0 Å². The molecule has 0 saturated heterocycles. The Labute approximate surface area is 205 Å². The van der Waals surface area contributed by atoms with Crippen LogP contribution >= 0.6 is 11.6 Å². The third kappa shape index (κ3) is 6.66. The van der Waals surface area contributed by atoms with Crippen LogP contribution < -0.4 is 15.4 Å². The summed E-state index contributed by atoms with van der Waals surface area (Å²) in [7, 11) is 1.40. The molecule has 1 amide bonds. The minimum atomic E-state index is -0.623. The smallest absolute Gasteiger partial charge is 0.320 e. The van der Waals surface area contributed by atoms with Gasteiger partial charge < -0.3 is 24.5 Å². The molecule has 0 unspecified atom stereocenters. The predicted octanol–water partition coefficient (Wildman–Crippen LogP) is 4.75. The molecular weight excluding hydrogens is 481 g/mol. The summed E-state index contributed by atoms with van der Waals surface area (Å²) >= 11 is 5.74. The van der Waals surface area contributed by atoms with Gasteiger partial charge in [0.05, 0.1) is 24.0 Å². The first-order valence-electron chi connectivity index (χ1n) is 11.0. The molecule has 35 heavy (non-hydrogen) atoms. The molecule has 1 aliphatic rings. The number of benzene rings is 1. The van der Waals surface area contributed by atoms with E-state index in [1.807, 2.05) is 0 Å². The second-order valence-corrected chi connectivity index (χ2v) is 8.45. The largest absolute Gasteiger partial charge is 0.474 e. The molecule has 1 aliphatic carbocycles. The van der Waals surface area contributed by atoms with E-state index >= 15 is 0 Å². The van der Waals surface area contributed by atoms with Crippen molar-refractivity contribution < 1.29 is 27.9 Å². The molecule has 12 heteroatoms. The van der Waals surface area contributed by atoms with Gasteiger partial charge in [-0.2, -0.15) is 0 Å². The first-order valence-corrected chi connectivity index (χ1v) is 11.3. The lowest BCUT2D eigenvalue weighted by Crippen LogP contribution is -2.25. The molecule has 0 bridgehead atoms. The molecule has 2 N–H and O–H groups in total. The third-order valence-electron chi connectivity index (χ3n) is 5.55. The molecule has 2 heterocycles. The van der Waals surface area contributed by atoms with Gasteiger partial charge >= 0.3 is 23.8 Å². The number of carbonyl (C=O) groups excluding carboxylic acids is 2. The molecule has 10 nitrogen and oxygen atoms in total. The average molecular weight is 504 g/mol. The van der Waals surface area contributed by atoms with Gasteiger partial charge in [0.15, 0.2) is 0 Å². The van der Waals surface area contributed by atoms with Crippen LogP contribution in [-0.4, -0.2) is 40.3 Å². The van der Waals surface area contributed by atoms with Crippen LogP contribution in [0.4, 0.5) is 21.8 Å². The summed E-state index contributed by atoms with van der Waals surface area (Å²) in [5.74, 6) is -0.870. The number of halogens is 2. The monoisotopic (exact) mass is 503 g/mol. The molecule has 1 saturated carbocycles. The van der Waals surface area contributed by atoms with Crippen molar-refractivity contribution in [1.82, 2.24) is 15.2 Å². The summed E-state index contributed by atoms with van der Waals surface area (Å²) in [6.45, 7) is 0. The van der Waals surface area contributed by atoms with Gasteiger partial charge in [-0.15, -0.1) is 5.10 Å². The molecule has 0 radical (unpaired) electrons. The molecule has 4 rings (SSSR count). The number of rotatable bonds is 8. The van der Waals surface area contributed by atoms with Gasteiger partial charge in [0.1, 0.15) is 11.9 Å². The van der Waals surface area contributed by atoms with Crippen molar-refractivity contribution in [2.75, 3.05) is 17.7 Å². The van der Waals surface area contributed by atoms with E-state index in [9.17, 15) is 14.0 Å². The van der Waals surface area contributed by atoms with Crippen molar-refractivity contribution in [1.29, 1.82) is 0 Å². The van der Waals surface area contributed by atoms with Crippen molar-refractivity contribution in [3.05, 3.63) is 53.3 Å². The van der Waals surface area contributed by atoms with Gasteiger partial charge in [0, 0.05) is 18.2 Å². The lowest BCUT2D eigenvalue weighted by molar-refractivity contribution is -0.142. The van der Waals surface area contributed by atoms with Crippen LogP contribution in [0.5, 0.6) is 5.88 Å². The lowest BCUT2D eigenvalue weighted by atomic mass is 9.85. The Hall–Kier alpha value is -3.73. The summed E-state index contributed by atoms with van der Waals surface area (Å²) in [4.78, 5) is 28.1. The standard InChI is InChI=1S/C23H23ClFN5O5/c1-33-20(31)10-13-2-6-16(7-3-13)34-19-9-5-15(12-26-19)27-21(32)22-29-30-23(35-22)28-14-4-8-18(25)17(24)11-14/h4-5,8-9,11-13,16H,2-3,6-7,10H2,1H3,(H,27,32)(H,28,30)/t13-,16-. The zero-order valence-electron chi connectivity index (χ0n) is 18.8. The van der Waals surface area contributed by atoms with Gasteiger partial charge in [-0.3, -0.25) is 9.59 Å². The lowest BCUT2D eigenvalue weighted by Gasteiger charge is -2.28. The first-order chi connectivity index (χ1) is 16.9. The quantitative estimate of drug-likeness (QED) is 0.418. The normalized spacial score (nSPS) is 17.5. The Kier molecular flexibility index (Phi) is 7.76. The van der Waals surface area contributed by atoms with Crippen LogP contribution in [0.25, 0.3) is 0 Å². The number of carbonyl (C=O) groups is 2. The van der Waals surface area contributed by atoms with Crippen LogP contribution in [0.3, 0.4) is 0 Å². The molecule has 0 spiro atoms. The zero-order chi connectivity index (χ0) is 24.8. The fourth-order valence-corrected chi connectivity index (χ4v) is 3.90. The molecule has 0 aliphatic heterocycles. The van der Waals surface area contributed by atoms with Crippen molar-refractivity contribution in [3.8, 4) is 5.88 Å². The van der Waals surface area contributed by atoms with Crippen molar-refractivity contribution in [2.24, 2.45) is 5.92 Å². The van der Waals surface area contributed by atoms with Crippen molar-refractivity contribution in [2.45, 2.75) is 38.2 Å². The van der Waals surface area contributed by atoms with Crippen LogP contribution in [0, 0.1) is 11.7 Å². The number of methoxy groups -OCH3 is 1. The van der Waals surface area contributed by atoms with Crippen LogP contribution in [0.2, 0.25) is 5.02 Å². The Morgan fingerprint density at radius 3 is 2.60 bits per heavy atom. The van der Waals surface area contributed by atoms with E-state index < -0.39 is 11.7 Å². The summed E-state index contributed by atoms with van der Waals surface area (Å²) < 4.78 is 29.2. The third-order valence-corrected chi connectivity index (χ3v) is 5.84.